The van der Waals surface area contributed by atoms with Gasteiger partial charge >= 0.3 is 11.9 Å². The summed E-state index contributed by atoms with van der Waals surface area (Å²) in [7, 11) is 0. The lowest BCUT2D eigenvalue weighted by molar-refractivity contribution is -0.155. The molecule has 2 N–H and O–H groups in total. The fourth-order valence-corrected chi connectivity index (χ4v) is 2.26. The summed E-state index contributed by atoms with van der Waals surface area (Å²) in [6, 6.07) is 4.87. The molecule has 1 aromatic carbocycles. The minimum atomic E-state index is -0.774. The molecule has 1 unspecified atom stereocenters. The third-order valence-corrected chi connectivity index (χ3v) is 4.50. The van der Waals surface area contributed by atoms with Crippen LogP contribution in [0.5, 0.6) is 5.75 Å². The van der Waals surface area contributed by atoms with Crippen molar-refractivity contribution < 1.29 is 29.0 Å². The normalized spacial score (nSPS) is 14.3. The Labute approximate surface area is 166 Å². The van der Waals surface area contributed by atoms with E-state index in [-0.39, 0.29) is 41.6 Å². The molecule has 1 amide bonds. The third-order valence-electron chi connectivity index (χ3n) is 4.50. The van der Waals surface area contributed by atoms with Gasteiger partial charge in [0.1, 0.15) is 24.5 Å². The highest BCUT2D eigenvalue weighted by Crippen LogP contribution is 2.13. The van der Waals surface area contributed by atoms with Crippen molar-refractivity contribution in [2.24, 2.45) is 17.8 Å². The first-order valence-corrected chi connectivity index (χ1v) is 9.50. The van der Waals surface area contributed by atoms with E-state index in [2.05, 4.69) is 5.32 Å². The van der Waals surface area contributed by atoms with Gasteiger partial charge in [-0.25, -0.2) is 9.59 Å². The Bertz CT molecular complexity index is 668. The highest BCUT2D eigenvalue weighted by atomic mass is 16.6. The van der Waals surface area contributed by atoms with E-state index in [9.17, 15) is 19.5 Å². The third kappa shape index (κ3) is 7.21. The van der Waals surface area contributed by atoms with Gasteiger partial charge in [0, 0.05) is 5.92 Å². The van der Waals surface area contributed by atoms with Crippen molar-refractivity contribution >= 4 is 17.8 Å². The number of phenols is 1. The Morgan fingerprint density at radius 3 is 2.04 bits per heavy atom. The molecule has 3 atom stereocenters. The number of carbonyl (C=O) groups is 3. The van der Waals surface area contributed by atoms with Gasteiger partial charge in [-0.2, -0.15) is 0 Å². The van der Waals surface area contributed by atoms with E-state index in [0.29, 0.717) is 0 Å². The monoisotopic (exact) mass is 393 g/mol. The molecule has 0 aromatic heterocycles. The zero-order chi connectivity index (χ0) is 21.4. The van der Waals surface area contributed by atoms with E-state index < -0.39 is 24.1 Å². The van der Waals surface area contributed by atoms with Crippen LogP contribution in [0.3, 0.4) is 0 Å². The van der Waals surface area contributed by atoms with Crippen LogP contribution in [-0.4, -0.2) is 41.7 Å². The summed E-state index contributed by atoms with van der Waals surface area (Å²) in [6.07, 6.45) is -0.672. The molecule has 0 aliphatic carbocycles. The van der Waals surface area contributed by atoms with Crippen LogP contribution in [-0.2, 0) is 19.1 Å². The fourth-order valence-electron chi connectivity index (χ4n) is 2.26. The van der Waals surface area contributed by atoms with Crippen LogP contribution in [0, 0.1) is 17.8 Å². The summed E-state index contributed by atoms with van der Waals surface area (Å²) >= 11 is 0. The van der Waals surface area contributed by atoms with Gasteiger partial charge in [-0.3, -0.25) is 4.79 Å². The Kier molecular flexibility index (Phi) is 8.96. The summed E-state index contributed by atoms with van der Waals surface area (Å²) in [5.74, 6) is -1.51. The van der Waals surface area contributed by atoms with E-state index in [0.717, 1.165) is 0 Å². The number of carbonyl (C=O) groups excluding carboxylic acids is 3. The number of ether oxygens (including phenoxy) is 2. The predicted molar refractivity (Wildman–Crippen MR) is 105 cm³/mol. The molecule has 0 fully saturated rings. The highest BCUT2D eigenvalue weighted by molar-refractivity contribution is 5.89. The van der Waals surface area contributed by atoms with Crippen molar-refractivity contribution in [1.82, 2.24) is 5.32 Å². The molecular formula is C21H31NO6. The van der Waals surface area contributed by atoms with Gasteiger partial charge in [-0.15, -0.1) is 0 Å². The van der Waals surface area contributed by atoms with Gasteiger partial charge in [0.15, 0.2) is 0 Å². The number of esters is 2. The molecule has 28 heavy (non-hydrogen) atoms. The maximum atomic E-state index is 12.5. The SMILES string of the molecule is CC(COC(=O)c1ccc(O)cc1)OC(=O)[C@H](NC(=O)[C@H](C)C(C)C)C(C)C. The molecule has 156 valence electrons. The van der Waals surface area contributed by atoms with Crippen LogP contribution >= 0.6 is 0 Å². The van der Waals surface area contributed by atoms with Crippen LogP contribution < -0.4 is 5.32 Å². The lowest BCUT2D eigenvalue weighted by atomic mass is 9.96. The quantitative estimate of drug-likeness (QED) is 0.626. The Balaban J connectivity index is 2.58. The van der Waals surface area contributed by atoms with Crippen LogP contribution in [0.25, 0.3) is 0 Å². The number of nitrogens with one attached hydrogen (secondary N) is 1. The van der Waals surface area contributed by atoms with Crippen LogP contribution in [0.2, 0.25) is 0 Å². The Morgan fingerprint density at radius 2 is 1.54 bits per heavy atom. The summed E-state index contributed by atoms with van der Waals surface area (Å²) < 4.78 is 10.5. The second-order valence-electron chi connectivity index (χ2n) is 7.66. The molecule has 0 aliphatic rings. The average molecular weight is 393 g/mol. The van der Waals surface area contributed by atoms with Gasteiger partial charge in [-0.05, 0) is 43.0 Å². The molecule has 1 aromatic rings. The van der Waals surface area contributed by atoms with Crippen molar-refractivity contribution in [1.29, 1.82) is 0 Å². The van der Waals surface area contributed by atoms with Gasteiger partial charge in [0.05, 0.1) is 5.56 Å². The molecule has 0 saturated carbocycles. The summed E-state index contributed by atoms with van der Waals surface area (Å²) in [4.78, 5) is 36.7. The van der Waals surface area contributed by atoms with Crippen molar-refractivity contribution in [3.05, 3.63) is 29.8 Å². The van der Waals surface area contributed by atoms with E-state index in [4.69, 9.17) is 9.47 Å². The number of benzene rings is 1. The van der Waals surface area contributed by atoms with Crippen LogP contribution in [0.15, 0.2) is 24.3 Å². The van der Waals surface area contributed by atoms with E-state index in [1.54, 1.807) is 6.92 Å². The molecule has 1 rings (SSSR count). The first-order chi connectivity index (χ1) is 13.0. The van der Waals surface area contributed by atoms with E-state index >= 15 is 0 Å². The fraction of sp³-hybridized carbons (Fsp3) is 0.571. The first-order valence-electron chi connectivity index (χ1n) is 9.50. The van der Waals surface area contributed by atoms with Crippen molar-refractivity contribution in [3.8, 4) is 5.75 Å². The maximum Gasteiger partial charge on any atom is 0.338 e. The number of aromatic hydroxyl groups is 1. The molecule has 0 heterocycles. The van der Waals surface area contributed by atoms with Crippen LogP contribution in [0.4, 0.5) is 0 Å². The van der Waals surface area contributed by atoms with Gasteiger partial charge in [0.2, 0.25) is 5.91 Å². The van der Waals surface area contributed by atoms with Gasteiger partial charge in [0.25, 0.3) is 0 Å². The smallest absolute Gasteiger partial charge is 0.338 e. The Hall–Kier alpha value is -2.57. The number of hydrogen-bond acceptors (Lipinski definition) is 6. The minimum absolute atomic E-state index is 0.0485. The maximum absolute atomic E-state index is 12.5. The van der Waals surface area contributed by atoms with Crippen LogP contribution in [0.1, 0.15) is 51.9 Å². The van der Waals surface area contributed by atoms with Gasteiger partial charge in [-0.1, -0.05) is 34.6 Å². The zero-order valence-electron chi connectivity index (χ0n) is 17.4. The molecule has 0 bridgehead atoms. The predicted octanol–water partition coefficient (Wildman–Crippen LogP) is 2.91. The molecule has 0 saturated heterocycles. The summed E-state index contributed by atoms with van der Waals surface area (Å²) in [6.45, 7) is 10.8. The highest BCUT2D eigenvalue weighted by Gasteiger charge is 2.29. The van der Waals surface area contributed by atoms with Crippen molar-refractivity contribution in [2.45, 2.75) is 53.7 Å². The zero-order valence-corrected chi connectivity index (χ0v) is 17.4. The summed E-state index contributed by atoms with van der Waals surface area (Å²) in [5, 5.41) is 12.0. The number of hydrogen-bond donors (Lipinski definition) is 2. The van der Waals surface area contributed by atoms with E-state index in [1.807, 2.05) is 34.6 Å². The molecule has 7 nitrogen and oxygen atoms in total. The van der Waals surface area contributed by atoms with Crippen molar-refractivity contribution in [2.75, 3.05) is 6.61 Å². The molecule has 0 radical (unpaired) electrons. The largest absolute Gasteiger partial charge is 0.508 e. The first kappa shape index (κ1) is 23.5. The lowest BCUT2D eigenvalue weighted by Gasteiger charge is -2.25. The number of rotatable bonds is 9. The van der Waals surface area contributed by atoms with Gasteiger partial charge < -0.3 is 19.9 Å². The number of phenolic OH excluding ortho intramolecular Hbond substituents is 1. The standard InChI is InChI=1S/C21H31NO6/c1-12(2)15(6)19(24)22-18(13(3)4)21(26)28-14(5)11-27-20(25)16-7-9-17(23)10-8-16/h7-10,12-15,18,23H,11H2,1-6H3,(H,22,24)/t14?,15-,18-/m1/s1. The molecule has 7 heteroatoms. The molecule has 0 spiro atoms. The summed E-state index contributed by atoms with van der Waals surface area (Å²) in [5.41, 5.74) is 0.284. The second kappa shape index (κ2) is 10.7. The molecule has 0 aliphatic heterocycles. The lowest BCUT2D eigenvalue weighted by Crippen LogP contribution is -2.48. The minimum Gasteiger partial charge on any atom is -0.508 e. The molecular weight excluding hydrogens is 362 g/mol. The van der Waals surface area contributed by atoms with Crippen molar-refractivity contribution in [3.63, 3.8) is 0 Å². The second-order valence-corrected chi connectivity index (χ2v) is 7.66. The van der Waals surface area contributed by atoms with E-state index in [1.165, 1.54) is 24.3 Å². The average Bonchev–Trinajstić information content (AvgIpc) is 2.63. The Morgan fingerprint density at radius 1 is 0.964 bits per heavy atom. The topological polar surface area (TPSA) is 102 Å². The number of amides is 1.